The number of hydrogen-bond acceptors (Lipinski definition) is 4. The minimum absolute atomic E-state index is 0.0193. The zero-order valence-electron chi connectivity index (χ0n) is 15.1. The predicted octanol–water partition coefficient (Wildman–Crippen LogP) is 4.31. The molecule has 1 amide bonds. The van der Waals surface area contributed by atoms with Crippen molar-refractivity contribution in [1.82, 2.24) is 0 Å². The average Bonchev–Trinajstić information content (AvgIpc) is 2.69. The van der Waals surface area contributed by atoms with Gasteiger partial charge in [0, 0.05) is 5.02 Å². The van der Waals surface area contributed by atoms with Crippen molar-refractivity contribution in [2.45, 2.75) is 11.3 Å². The highest BCUT2D eigenvalue weighted by Gasteiger charge is 2.31. The average molecular weight is 416 g/mol. The van der Waals surface area contributed by atoms with Gasteiger partial charge in [-0.3, -0.25) is 4.79 Å². The lowest BCUT2D eigenvalue weighted by Gasteiger charge is -2.23. The van der Waals surface area contributed by atoms with Gasteiger partial charge in [-0.05, 0) is 54.1 Å². The van der Waals surface area contributed by atoms with Crippen LogP contribution in [0.1, 0.15) is 5.56 Å². The fourth-order valence-electron chi connectivity index (χ4n) is 2.69. The Morgan fingerprint density at radius 3 is 2.11 bits per heavy atom. The Labute approximate surface area is 169 Å². The van der Waals surface area contributed by atoms with Gasteiger partial charge in [0.25, 0.3) is 10.0 Å². The number of nitrogens with zero attached hydrogens (tertiary/aromatic N) is 1. The van der Waals surface area contributed by atoms with Crippen LogP contribution in [0.3, 0.4) is 0 Å². The van der Waals surface area contributed by atoms with Gasteiger partial charge in [-0.1, -0.05) is 41.9 Å². The van der Waals surface area contributed by atoms with Crippen LogP contribution in [-0.4, -0.2) is 21.4 Å². The lowest BCUT2D eigenvalue weighted by molar-refractivity contribution is -0.116. The van der Waals surface area contributed by atoms with E-state index in [1.54, 1.807) is 36.4 Å². The summed E-state index contributed by atoms with van der Waals surface area (Å²) in [7, 11) is -2.61. The molecule has 0 heterocycles. The Balaban J connectivity index is 2.04. The maximum Gasteiger partial charge on any atom is 0.270 e. The van der Waals surface area contributed by atoms with Gasteiger partial charge in [0.05, 0.1) is 24.1 Å². The van der Waals surface area contributed by atoms with E-state index in [0.29, 0.717) is 10.8 Å². The maximum atomic E-state index is 13.3. The molecule has 5 nitrogen and oxygen atoms in total. The summed E-state index contributed by atoms with van der Waals surface area (Å²) in [6.45, 7) is 0. The first-order valence-corrected chi connectivity index (χ1v) is 10.3. The van der Waals surface area contributed by atoms with Crippen LogP contribution in [0.5, 0.6) is 5.75 Å². The predicted molar refractivity (Wildman–Crippen MR) is 109 cm³/mol. The Bertz CT molecular complexity index is 1050. The van der Waals surface area contributed by atoms with E-state index in [1.807, 2.05) is 6.07 Å². The lowest BCUT2D eigenvalue weighted by atomic mass is 10.1. The van der Waals surface area contributed by atoms with Crippen LogP contribution in [0.25, 0.3) is 0 Å². The van der Waals surface area contributed by atoms with Crippen molar-refractivity contribution in [1.29, 1.82) is 0 Å². The number of carbonyl (C=O) groups is 1. The molecule has 0 fully saturated rings. The van der Waals surface area contributed by atoms with E-state index in [9.17, 15) is 13.2 Å². The summed E-state index contributed by atoms with van der Waals surface area (Å²) in [5, 5.41) is 0.408. The minimum atomic E-state index is -4.13. The molecule has 0 aliphatic heterocycles. The molecule has 0 bridgehead atoms. The molecule has 0 aliphatic rings. The Kier molecular flexibility index (Phi) is 6.02. The molecular formula is C21H18ClNO4S. The zero-order chi connectivity index (χ0) is 20.1. The van der Waals surface area contributed by atoms with Crippen LogP contribution in [0, 0.1) is 0 Å². The molecule has 0 radical (unpaired) electrons. The van der Waals surface area contributed by atoms with Crippen LogP contribution in [0.15, 0.2) is 83.8 Å². The Morgan fingerprint density at radius 1 is 0.929 bits per heavy atom. The molecule has 0 aromatic heterocycles. The molecule has 0 aliphatic carbocycles. The molecular weight excluding hydrogens is 398 g/mol. The lowest BCUT2D eigenvalue weighted by Crippen LogP contribution is -2.38. The summed E-state index contributed by atoms with van der Waals surface area (Å²) >= 11 is 5.87. The zero-order valence-corrected chi connectivity index (χ0v) is 16.7. The summed E-state index contributed by atoms with van der Waals surface area (Å²) < 4.78 is 32.5. The highest BCUT2D eigenvalue weighted by molar-refractivity contribution is 7.93. The second kappa shape index (κ2) is 8.46. The van der Waals surface area contributed by atoms with Crippen LogP contribution in [0.2, 0.25) is 5.02 Å². The molecule has 3 aromatic carbocycles. The van der Waals surface area contributed by atoms with Crippen molar-refractivity contribution in [2.75, 3.05) is 11.4 Å². The number of benzene rings is 3. The summed E-state index contributed by atoms with van der Waals surface area (Å²) in [5.41, 5.74) is 0.953. The van der Waals surface area contributed by atoms with Crippen molar-refractivity contribution >= 4 is 33.2 Å². The largest absolute Gasteiger partial charge is 0.497 e. The number of ether oxygens (including phenoxy) is 1. The second-order valence-electron chi connectivity index (χ2n) is 5.98. The summed E-state index contributed by atoms with van der Waals surface area (Å²) in [6.07, 6.45) is -0.0559. The maximum absolute atomic E-state index is 13.3. The Hall–Kier alpha value is -2.83. The first-order chi connectivity index (χ1) is 13.4. The number of hydrogen-bond donors (Lipinski definition) is 0. The normalized spacial score (nSPS) is 11.1. The topological polar surface area (TPSA) is 63.7 Å². The molecule has 3 aromatic rings. The van der Waals surface area contributed by atoms with Gasteiger partial charge in [-0.15, -0.1) is 0 Å². The number of anilines is 1. The SMILES string of the molecule is COc1ccc(N(C(=O)Cc2ccccc2)S(=O)(=O)c2ccc(Cl)cc2)cc1. The number of carbonyl (C=O) groups excluding carboxylic acids is 1. The molecule has 0 saturated heterocycles. The van der Waals surface area contributed by atoms with Crippen molar-refractivity contribution < 1.29 is 17.9 Å². The highest BCUT2D eigenvalue weighted by atomic mass is 35.5. The molecule has 0 atom stereocenters. The highest BCUT2D eigenvalue weighted by Crippen LogP contribution is 2.27. The third-order valence-corrected chi connectivity index (χ3v) is 6.10. The Morgan fingerprint density at radius 2 is 1.54 bits per heavy atom. The molecule has 3 rings (SSSR count). The van der Waals surface area contributed by atoms with E-state index in [0.717, 1.165) is 9.87 Å². The number of methoxy groups -OCH3 is 1. The molecule has 28 heavy (non-hydrogen) atoms. The third-order valence-electron chi connectivity index (χ3n) is 4.08. The number of rotatable bonds is 6. The molecule has 0 saturated carbocycles. The van der Waals surface area contributed by atoms with Crippen LogP contribution >= 0.6 is 11.6 Å². The van der Waals surface area contributed by atoms with Crippen LogP contribution < -0.4 is 9.04 Å². The van der Waals surface area contributed by atoms with Crippen molar-refractivity contribution in [3.63, 3.8) is 0 Å². The van der Waals surface area contributed by atoms with Gasteiger partial charge in [-0.25, -0.2) is 12.7 Å². The molecule has 144 valence electrons. The smallest absolute Gasteiger partial charge is 0.270 e. The first-order valence-electron chi connectivity index (χ1n) is 8.43. The molecule has 7 heteroatoms. The quantitative estimate of drug-likeness (QED) is 0.601. The monoisotopic (exact) mass is 415 g/mol. The van der Waals surface area contributed by atoms with E-state index < -0.39 is 15.9 Å². The fraction of sp³-hybridized carbons (Fsp3) is 0.0952. The van der Waals surface area contributed by atoms with Gasteiger partial charge in [0.15, 0.2) is 0 Å². The van der Waals surface area contributed by atoms with Gasteiger partial charge < -0.3 is 4.74 Å². The second-order valence-corrected chi connectivity index (χ2v) is 8.20. The van der Waals surface area contributed by atoms with E-state index in [2.05, 4.69) is 0 Å². The molecule has 0 spiro atoms. The fourth-order valence-corrected chi connectivity index (χ4v) is 4.24. The van der Waals surface area contributed by atoms with Gasteiger partial charge in [0.2, 0.25) is 5.91 Å². The van der Waals surface area contributed by atoms with Gasteiger partial charge in [0.1, 0.15) is 5.75 Å². The van der Waals surface area contributed by atoms with E-state index in [-0.39, 0.29) is 17.0 Å². The summed E-state index contributed by atoms with van der Waals surface area (Å²) in [6, 6.07) is 21.0. The van der Waals surface area contributed by atoms with Crippen molar-refractivity contribution in [3.05, 3.63) is 89.4 Å². The first kappa shape index (κ1) is 19.9. The van der Waals surface area contributed by atoms with Crippen LogP contribution in [-0.2, 0) is 21.2 Å². The van der Waals surface area contributed by atoms with E-state index in [4.69, 9.17) is 16.3 Å². The van der Waals surface area contributed by atoms with E-state index in [1.165, 1.54) is 43.5 Å². The number of amides is 1. The molecule has 0 N–H and O–H groups in total. The number of halogens is 1. The van der Waals surface area contributed by atoms with Gasteiger partial charge >= 0.3 is 0 Å². The van der Waals surface area contributed by atoms with Crippen LogP contribution in [0.4, 0.5) is 5.69 Å². The minimum Gasteiger partial charge on any atom is -0.497 e. The summed E-state index contributed by atoms with van der Waals surface area (Å²) in [5.74, 6) is -0.00517. The van der Waals surface area contributed by atoms with E-state index >= 15 is 0 Å². The standard InChI is InChI=1S/C21H18ClNO4S/c1-27-19-11-9-18(10-12-19)23(21(24)15-16-5-3-2-4-6-16)28(25,26)20-13-7-17(22)8-14-20/h2-14H,15H2,1H3. The summed E-state index contributed by atoms with van der Waals surface area (Å²) in [4.78, 5) is 13.0. The number of sulfonamides is 1. The third kappa shape index (κ3) is 4.35. The van der Waals surface area contributed by atoms with Crippen molar-refractivity contribution in [2.24, 2.45) is 0 Å². The van der Waals surface area contributed by atoms with Crippen molar-refractivity contribution in [3.8, 4) is 5.75 Å². The molecule has 0 unspecified atom stereocenters. The van der Waals surface area contributed by atoms with Gasteiger partial charge in [-0.2, -0.15) is 0 Å².